The Balaban J connectivity index is 1.91. The molecular weight excluding hydrogens is 360 g/mol. The van der Waals surface area contributed by atoms with Crippen molar-refractivity contribution in [3.05, 3.63) is 59.7 Å². The van der Waals surface area contributed by atoms with Gasteiger partial charge in [-0.2, -0.15) is 0 Å². The number of nitrogens with one attached hydrogen (secondary N) is 1. The minimum atomic E-state index is -1.05. The highest BCUT2D eigenvalue weighted by Crippen LogP contribution is 2.19. The molecule has 1 N–H and O–H groups in total. The van der Waals surface area contributed by atoms with Gasteiger partial charge in [-0.1, -0.05) is 29.8 Å². The van der Waals surface area contributed by atoms with E-state index >= 15 is 0 Å². The predicted octanol–water partition coefficient (Wildman–Crippen LogP) is 2.65. The molecule has 148 valence electrons. The molecule has 2 aromatic carbocycles. The van der Waals surface area contributed by atoms with E-state index in [1.54, 1.807) is 36.4 Å². The molecule has 0 bridgehead atoms. The van der Waals surface area contributed by atoms with Crippen molar-refractivity contribution in [3.8, 4) is 5.75 Å². The van der Waals surface area contributed by atoms with Crippen molar-refractivity contribution in [1.29, 1.82) is 0 Å². The van der Waals surface area contributed by atoms with Gasteiger partial charge < -0.3 is 19.7 Å². The van der Waals surface area contributed by atoms with E-state index in [0.29, 0.717) is 11.4 Å². The summed E-state index contributed by atoms with van der Waals surface area (Å²) in [5, 5.41) is 2.72. The maximum Gasteiger partial charge on any atom is 0.342 e. The van der Waals surface area contributed by atoms with Crippen LogP contribution in [0.2, 0.25) is 0 Å². The number of carbonyl (C=O) groups is 3. The molecule has 2 aromatic rings. The van der Waals surface area contributed by atoms with Crippen LogP contribution in [-0.4, -0.2) is 49.5 Å². The number of hydrogen-bond donors (Lipinski definition) is 1. The average Bonchev–Trinajstić information content (AvgIpc) is 2.68. The molecule has 0 aliphatic carbocycles. The lowest BCUT2D eigenvalue weighted by atomic mass is 10.2. The van der Waals surface area contributed by atoms with Gasteiger partial charge in [0.1, 0.15) is 11.3 Å². The smallest absolute Gasteiger partial charge is 0.342 e. The lowest BCUT2D eigenvalue weighted by molar-refractivity contribution is -0.140. The van der Waals surface area contributed by atoms with Gasteiger partial charge in [0.15, 0.2) is 6.10 Å². The van der Waals surface area contributed by atoms with E-state index in [4.69, 9.17) is 9.47 Å². The third-order valence-electron chi connectivity index (χ3n) is 4.05. The molecule has 0 radical (unpaired) electrons. The zero-order valence-corrected chi connectivity index (χ0v) is 16.4. The van der Waals surface area contributed by atoms with E-state index in [1.165, 1.54) is 26.0 Å². The van der Waals surface area contributed by atoms with Crippen molar-refractivity contribution in [2.75, 3.05) is 26.0 Å². The molecular formula is C21H24N2O5. The van der Waals surface area contributed by atoms with Gasteiger partial charge in [0.05, 0.1) is 13.7 Å². The molecule has 1 atom stereocenters. The standard InChI is InChI=1S/C21H24N2O5/c1-14-9-11-16(12-10-14)22-19(24)13-23(3)20(25)15(2)28-21(26)17-7-5-6-8-18(17)27-4/h5-12,15H,13H2,1-4H3,(H,22,24)/t15-/m1/s1. The molecule has 7 nitrogen and oxygen atoms in total. The summed E-state index contributed by atoms with van der Waals surface area (Å²) in [4.78, 5) is 38.1. The van der Waals surface area contributed by atoms with Crippen LogP contribution in [0.5, 0.6) is 5.75 Å². The minimum absolute atomic E-state index is 0.163. The highest BCUT2D eigenvalue weighted by molar-refractivity contribution is 5.97. The fourth-order valence-corrected chi connectivity index (χ4v) is 2.53. The van der Waals surface area contributed by atoms with Crippen LogP contribution in [0.1, 0.15) is 22.8 Å². The summed E-state index contributed by atoms with van der Waals surface area (Å²) < 4.78 is 10.4. The molecule has 0 spiro atoms. The number of ether oxygens (including phenoxy) is 2. The number of para-hydroxylation sites is 1. The zero-order chi connectivity index (χ0) is 20.7. The van der Waals surface area contributed by atoms with Gasteiger partial charge >= 0.3 is 5.97 Å². The number of hydrogen-bond acceptors (Lipinski definition) is 5. The van der Waals surface area contributed by atoms with Crippen LogP contribution < -0.4 is 10.1 Å². The van der Waals surface area contributed by atoms with Gasteiger partial charge in [0, 0.05) is 12.7 Å². The first-order valence-corrected chi connectivity index (χ1v) is 8.77. The number of likely N-dealkylation sites (N-methyl/N-ethyl adjacent to an activating group) is 1. The largest absolute Gasteiger partial charge is 0.496 e. The monoisotopic (exact) mass is 384 g/mol. The molecule has 0 heterocycles. The Morgan fingerprint density at radius 2 is 1.71 bits per heavy atom. The van der Waals surface area contributed by atoms with Crippen LogP contribution >= 0.6 is 0 Å². The quantitative estimate of drug-likeness (QED) is 0.742. The highest BCUT2D eigenvalue weighted by Gasteiger charge is 2.24. The summed E-state index contributed by atoms with van der Waals surface area (Å²) in [6.07, 6.45) is -1.05. The number of aryl methyl sites for hydroxylation is 1. The maximum atomic E-state index is 12.4. The topological polar surface area (TPSA) is 84.9 Å². The molecule has 28 heavy (non-hydrogen) atoms. The molecule has 7 heteroatoms. The highest BCUT2D eigenvalue weighted by atomic mass is 16.5. The maximum absolute atomic E-state index is 12.4. The Labute approximate surface area is 164 Å². The molecule has 0 fully saturated rings. The summed E-state index contributed by atoms with van der Waals surface area (Å²) in [5.74, 6) is -1.14. The van der Waals surface area contributed by atoms with E-state index in [9.17, 15) is 14.4 Å². The van der Waals surface area contributed by atoms with Crippen molar-refractivity contribution >= 4 is 23.5 Å². The van der Waals surface area contributed by atoms with Crippen LogP contribution in [0.3, 0.4) is 0 Å². The molecule has 0 saturated heterocycles. The first kappa shape index (κ1) is 21.0. The molecule has 0 aliphatic heterocycles. The van der Waals surface area contributed by atoms with Crippen molar-refractivity contribution in [2.45, 2.75) is 20.0 Å². The van der Waals surface area contributed by atoms with Crippen LogP contribution in [0, 0.1) is 6.92 Å². The van der Waals surface area contributed by atoms with Gasteiger partial charge in [-0.15, -0.1) is 0 Å². The van der Waals surface area contributed by atoms with Gasteiger partial charge in [-0.05, 0) is 38.1 Å². The van der Waals surface area contributed by atoms with E-state index in [1.807, 2.05) is 19.1 Å². The van der Waals surface area contributed by atoms with E-state index in [0.717, 1.165) is 5.56 Å². The first-order chi connectivity index (χ1) is 13.3. The van der Waals surface area contributed by atoms with E-state index < -0.39 is 18.0 Å². The molecule has 0 aromatic heterocycles. The predicted molar refractivity (Wildman–Crippen MR) is 105 cm³/mol. The number of nitrogens with zero attached hydrogens (tertiary/aromatic N) is 1. The molecule has 2 rings (SSSR count). The lowest BCUT2D eigenvalue weighted by Gasteiger charge is -2.21. The van der Waals surface area contributed by atoms with Gasteiger partial charge in [-0.25, -0.2) is 4.79 Å². The molecule has 0 unspecified atom stereocenters. The molecule has 2 amide bonds. The van der Waals surface area contributed by atoms with Crippen molar-refractivity contribution < 1.29 is 23.9 Å². The number of esters is 1. The number of carbonyl (C=O) groups excluding carboxylic acids is 3. The number of methoxy groups -OCH3 is 1. The Morgan fingerprint density at radius 1 is 1.07 bits per heavy atom. The van der Waals surface area contributed by atoms with Crippen molar-refractivity contribution in [1.82, 2.24) is 4.90 Å². The second-order valence-corrected chi connectivity index (χ2v) is 6.36. The summed E-state index contributed by atoms with van der Waals surface area (Å²) in [5.41, 5.74) is 1.95. The Bertz CT molecular complexity index is 848. The van der Waals surface area contributed by atoms with Crippen LogP contribution in [0.4, 0.5) is 5.69 Å². The number of amides is 2. The molecule has 0 aliphatic rings. The number of anilines is 1. The Hall–Kier alpha value is -3.35. The summed E-state index contributed by atoms with van der Waals surface area (Å²) >= 11 is 0. The normalized spacial score (nSPS) is 11.3. The Kier molecular flexibility index (Phi) is 7.14. The summed E-state index contributed by atoms with van der Waals surface area (Å²) in [7, 11) is 2.92. The van der Waals surface area contributed by atoms with Crippen LogP contribution in [-0.2, 0) is 14.3 Å². The van der Waals surface area contributed by atoms with E-state index in [-0.39, 0.29) is 18.0 Å². The van der Waals surface area contributed by atoms with Gasteiger partial charge in [0.25, 0.3) is 5.91 Å². The van der Waals surface area contributed by atoms with E-state index in [2.05, 4.69) is 5.32 Å². The number of benzene rings is 2. The van der Waals surface area contributed by atoms with Crippen LogP contribution in [0.15, 0.2) is 48.5 Å². The summed E-state index contributed by atoms with van der Waals surface area (Å²) in [6, 6.07) is 13.9. The fourth-order valence-electron chi connectivity index (χ4n) is 2.53. The second-order valence-electron chi connectivity index (χ2n) is 6.36. The van der Waals surface area contributed by atoms with Gasteiger partial charge in [-0.3, -0.25) is 9.59 Å². The third kappa shape index (κ3) is 5.57. The lowest BCUT2D eigenvalue weighted by Crippen LogP contribution is -2.41. The third-order valence-corrected chi connectivity index (χ3v) is 4.05. The van der Waals surface area contributed by atoms with Crippen molar-refractivity contribution in [3.63, 3.8) is 0 Å². The second kappa shape index (κ2) is 9.55. The Morgan fingerprint density at radius 3 is 2.36 bits per heavy atom. The minimum Gasteiger partial charge on any atom is -0.496 e. The average molecular weight is 384 g/mol. The summed E-state index contributed by atoms with van der Waals surface area (Å²) in [6.45, 7) is 3.25. The molecule has 0 saturated carbocycles. The van der Waals surface area contributed by atoms with Gasteiger partial charge in [0.2, 0.25) is 5.91 Å². The van der Waals surface area contributed by atoms with Crippen LogP contribution in [0.25, 0.3) is 0 Å². The first-order valence-electron chi connectivity index (χ1n) is 8.77. The fraction of sp³-hybridized carbons (Fsp3) is 0.286. The number of rotatable bonds is 7. The SMILES string of the molecule is COc1ccccc1C(=O)O[C@H](C)C(=O)N(C)CC(=O)Nc1ccc(C)cc1. The zero-order valence-electron chi connectivity index (χ0n) is 16.4. The van der Waals surface area contributed by atoms with Crippen molar-refractivity contribution in [2.24, 2.45) is 0 Å².